The molecule has 2 aliphatic rings. The smallest absolute Gasteiger partial charge is 0.254 e. The lowest BCUT2D eigenvalue weighted by molar-refractivity contribution is 0.0470. The van der Waals surface area contributed by atoms with Crippen LogP contribution in [0.5, 0.6) is 5.75 Å². The average Bonchev–Trinajstić information content (AvgIpc) is 2.68. The maximum Gasteiger partial charge on any atom is 0.254 e. The Morgan fingerprint density at radius 1 is 1.07 bits per heavy atom. The molecule has 1 saturated carbocycles. The van der Waals surface area contributed by atoms with E-state index in [2.05, 4.69) is 4.90 Å². The SMILES string of the molecule is COc1cc(Cl)cc(Cl)c1C1Cc2ccccc2C(=O)N1C1CCCCC1. The zero-order chi connectivity index (χ0) is 19.0. The van der Waals surface area contributed by atoms with Crippen molar-refractivity contribution in [3.05, 3.63) is 63.1 Å². The van der Waals surface area contributed by atoms with E-state index in [4.69, 9.17) is 27.9 Å². The predicted octanol–water partition coefficient (Wildman–Crippen LogP) is 6.07. The summed E-state index contributed by atoms with van der Waals surface area (Å²) < 4.78 is 5.61. The van der Waals surface area contributed by atoms with Gasteiger partial charge in [-0.2, -0.15) is 0 Å². The number of fused-ring (bicyclic) bond motifs is 1. The molecule has 0 radical (unpaired) electrons. The topological polar surface area (TPSA) is 29.5 Å². The highest BCUT2D eigenvalue weighted by molar-refractivity contribution is 6.35. The molecule has 1 aliphatic heterocycles. The van der Waals surface area contributed by atoms with Gasteiger partial charge in [0.2, 0.25) is 0 Å². The van der Waals surface area contributed by atoms with Gasteiger partial charge in [0, 0.05) is 22.2 Å². The molecule has 0 saturated heterocycles. The summed E-state index contributed by atoms with van der Waals surface area (Å²) in [5.41, 5.74) is 2.73. The number of hydrogen-bond donors (Lipinski definition) is 0. The quantitative estimate of drug-likeness (QED) is 0.621. The van der Waals surface area contributed by atoms with Gasteiger partial charge >= 0.3 is 0 Å². The van der Waals surface area contributed by atoms with E-state index in [1.54, 1.807) is 19.2 Å². The lowest BCUT2D eigenvalue weighted by Gasteiger charge is -2.44. The summed E-state index contributed by atoms with van der Waals surface area (Å²) in [6.07, 6.45) is 6.37. The summed E-state index contributed by atoms with van der Waals surface area (Å²) in [4.78, 5) is 15.6. The van der Waals surface area contributed by atoms with E-state index in [1.807, 2.05) is 24.3 Å². The summed E-state index contributed by atoms with van der Waals surface area (Å²) in [6.45, 7) is 0. The fourth-order valence-electron chi connectivity index (χ4n) is 4.57. The lowest BCUT2D eigenvalue weighted by atomic mass is 9.84. The number of amides is 1. The zero-order valence-electron chi connectivity index (χ0n) is 15.4. The summed E-state index contributed by atoms with van der Waals surface area (Å²) >= 11 is 12.8. The largest absolute Gasteiger partial charge is 0.496 e. The van der Waals surface area contributed by atoms with Crippen molar-refractivity contribution in [2.75, 3.05) is 7.11 Å². The maximum atomic E-state index is 13.5. The Hall–Kier alpha value is -1.71. The minimum absolute atomic E-state index is 0.0989. The molecule has 2 aromatic rings. The zero-order valence-corrected chi connectivity index (χ0v) is 16.9. The molecule has 1 fully saturated rings. The van der Waals surface area contributed by atoms with Crippen molar-refractivity contribution in [2.45, 2.75) is 50.6 Å². The lowest BCUT2D eigenvalue weighted by Crippen LogP contribution is -2.47. The van der Waals surface area contributed by atoms with E-state index in [0.29, 0.717) is 15.8 Å². The van der Waals surface area contributed by atoms with Crippen LogP contribution in [0.1, 0.15) is 59.6 Å². The molecule has 0 bridgehead atoms. The second kappa shape index (κ2) is 7.73. The molecule has 4 rings (SSSR count). The van der Waals surface area contributed by atoms with Crippen LogP contribution in [0.15, 0.2) is 36.4 Å². The molecule has 5 heteroatoms. The van der Waals surface area contributed by atoms with Crippen LogP contribution < -0.4 is 4.74 Å². The number of carbonyl (C=O) groups is 1. The number of halogens is 2. The van der Waals surface area contributed by atoms with Gasteiger partial charge in [0.15, 0.2) is 0 Å². The van der Waals surface area contributed by atoms with E-state index >= 15 is 0 Å². The maximum absolute atomic E-state index is 13.5. The normalized spacial score (nSPS) is 20.5. The van der Waals surface area contributed by atoms with Crippen molar-refractivity contribution in [1.29, 1.82) is 0 Å². The molecule has 1 aliphatic carbocycles. The van der Waals surface area contributed by atoms with Crippen LogP contribution in [0.4, 0.5) is 0 Å². The van der Waals surface area contributed by atoms with Crippen molar-refractivity contribution < 1.29 is 9.53 Å². The highest BCUT2D eigenvalue weighted by atomic mass is 35.5. The molecule has 0 N–H and O–H groups in total. The molecule has 142 valence electrons. The monoisotopic (exact) mass is 403 g/mol. The van der Waals surface area contributed by atoms with Crippen LogP contribution in [0.2, 0.25) is 10.0 Å². The second-order valence-electron chi connectivity index (χ2n) is 7.38. The van der Waals surface area contributed by atoms with E-state index < -0.39 is 0 Å². The fraction of sp³-hybridized carbons (Fsp3) is 0.409. The molecule has 1 atom stereocenters. The van der Waals surface area contributed by atoms with Crippen molar-refractivity contribution >= 4 is 29.1 Å². The Kier molecular flexibility index (Phi) is 5.34. The van der Waals surface area contributed by atoms with Gasteiger partial charge in [-0.1, -0.05) is 60.7 Å². The van der Waals surface area contributed by atoms with Crippen LogP contribution in [0.25, 0.3) is 0 Å². The van der Waals surface area contributed by atoms with Crippen molar-refractivity contribution in [3.8, 4) is 5.75 Å². The minimum atomic E-state index is -0.143. The molecule has 1 heterocycles. The van der Waals surface area contributed by atoms with E-state index in [-0.39, 0.29) is 18.0 Å². The third-order valence-corrected chi connectivity index (χ3v) is 6.34. The first-order valence-electron chi connectivity index (χ1n) is 9.53. The number of methoxy groups -OCH3 is 1. The van der Waals surface area contributed by atoms with Gasteiger partial charge in [-0.15, -0.1) is 0 Å². The molecule has 1 unspecified atom stereocenters. The van der Waals surface area contributed by atoms with E-state index in [9.17, 15) is 4.79 Å². The Balaban J connectivity index is 1.85. The van der Waals surface area contributed by atoms with Crippen LogP contribution in [-0.4, -0.2) is 24.0 Å². The summed E-state index contributed by atoms with van der Waals surface area (Å²) in [7, 11) is 1.62. The third kappa shape index (κ3) is 3.43. The Morgan fingerprint density at radius 2 is 1.81 bits per heavy atom. The Bertz CT molecular complexity index is 861. The van der Waals surface area contributed by atoms with Gasteiger partial charge < -0.3 is 9.64 Å². The summed E-state index contributed by atoms with van der Waals surface area (Å²) in [5.74, 6) is 0.743. The van der Waals surface area contributed by atoms with Gasteiger partial charge in [0.25, 0.3) is 5.91 Å². The summed E-state index contributed by atoms with van der Waals surface area (Å²) in [5, 5.41) is 1.09. The minimum Gasteiger partial charge on any atom is -0.496 e. The Morgan fingerprint density at radius 3 is 2.56 bits per heavy atom. The van der Waals surface area contributed by atoms with Gasteiger partial charge in [-0.05, 0) is 43.0 Å². The fourth-order valence-corrected chi connectivity index (χ4v) is 5.17. The molecule has 3 nitrogen and oxygen atoms in total. The molecule has 1 amide bonds. The van der Waals surface area contributed by atoms with Crippen LogP contribution in [-0.2, 0) is 6.42 Å². The first kappa shape index (κ1) is 18.6. The number of hydrogen-bond acceptors (Lipinski definition) is 2. The first-order valence-corrected chi connectivity index (χ1v) is 10.3. The van der Waals surface area contributed by atoms with Gasteiger partial charge in [-0.3, -0.25) is 4.79 Å². The molecule has 27 heavy (non-hydrogen) atoms. The van der Waals surface area contributed by atoms with Crippen LogP contribution in [0, 0.1) is 0 Å². The standard InChI is InChI=1S/C22H23Cl2NO2/c1-27-20-13-15(23)12-18(24)21(20)19-11-14-7-5-6-10-17(14)22(26)25(19)16-8-3-2-4-9-16/h5-7,10,12-13,16,19H,2-4,8-9,11H2,1H3. The van der Waals surface area contributed by atoms with Gasteiger partial charge in [0.05, 0.1) is 18.2 Å². The second-order valence-corrected chi connectivity index (χ2v) is 8.23. The molecule has 0 spiro atoms. The van der Waals surface area contributed by atoms with Crippen molar-refractivity contribution in [3.63, 3.8) is 0 Å². The summed E-state index contributed by atoms with van der Waals surface area (Å²) in [6, 6.07) is 11.5. The van der Waals surface area contributed by atoms with Crippen LogP contribution in [0.3, 0.4) is 0 Å². The first-order chi connectivity index (χ1) is 13.1. The van der Waals surface area contributed by atoms with Crippen LogP contribution >= 0.6 is 23.2 Å². The predicted molar refractivity (Wildman–Crippen MR) is 109 cm³/mol. The van der Waals surface area contributed by atoms with Gasteiger partial charge in [0.1, 0.15) is 5.75 Å². The van der Waals surface area contributed by atoms with Crippen molar-refractivity contribution in [1.82, 2.24) is 4.90 Å². The number of nitrogens with zero attached hydrogens (tertiary/aromatic N) is 1. The number of carbonyl (C=O) groups excluding carboxylic acids is 1. The molecule has 0 aromatic heterocycles. The number of ether oxygens (including phenoxy) is 1. The number of benzene rings is 2. The van der Waals surface area contributed by atoms with E-state index in [0.717, 1.165) is 48.8 Å². The third-order valence-electron chi connectivity index (χ3n) is 5.81. The average molecular weight is 404 g/mol. The Labute approximate surface area is 170 Å². The molecular formula is C22H23Cl2NO2. The molecule has 2 aromatic carbocycles. The van der Waals surface area contributed by atoms with Crippen molar-refractivity contribution in [2.24, 2.45) is 0 Å². The number of rotatable bonds is 3. The molecular weight excluding hydrogens is 381 g/mol. The van der Waals surface area contributed by atoms with Gasteiger partial charge in [-0.25, -0.2) is 0 Å². The highest BCUT2D eigenvalue weighted by Gasteiger charge is 2.40. The highest BCUT2D eigenvalue weighted by Crippen LogP contribution is 2.44. The van der Waals surface area contributed by atoms with E-state index in [1.165, 1.54) is 6.42 Å².